The van der Waals surface area contributed by atoms with Crippen LogP contribution in [0.4, 0.5) is 4.79 Å². The van der Waals surface area contributed by atoms with E-state index in [1.54, 1.807) is 24.0 Å². The number of halogens is 1. The number of aromatic nitrogens is 2. The van der Waals surface area contributed by atoms with Gasteiger partial charge in [-0.05, 0) is 44.4 Å². The molecule has 1 saturated carbocycles. The van der Waals surface area contributed by atoms with Gasteiger partial charge in [0.25, 0.3) is 11.8 Å². The minimum absolute atomic E-state index is 0.0433. The molecule has 5 rings (SSSR count). The van der Waals surface area contributed by atoms with Crippen molar-refractivity contribution in [1.29, 1.82) is 5.26 Å². The molecule has 2 saturated heterocycles. The number of carbonyl (C=O) groups is 1. The van der Waals surface area contributed by atoms with Crippen LogP contribution in [0.3, 0.4) is 0 Å². The molecule has 37 heavy (non-hydrogen) atoms. The van der Waals surface area contributed by atoms with Crippen molar-refractivity contribution in [3.8, 4) is 29.3 Å². The lowest BCUT2D eigenvalue weighted by Gasteiger charge is -2.26. The maximum absolute atomic E-state index is 12.7. The van der Waals surface area contributed by atoms with E-state index in [1.807, 2.05) is 6.92 Å². The van der Waals surface area contributed by atoms with Gasteiger partial charge >= 0.3 is 6.09 Å². The van der Waals surface area contributed by atoms with Crippen molar-refractivity contribution >= 4 is 17.7 Å². The van der Waals surface area contributed by atoms with Crippen LogP contribution in [0.15, 0.2) is 18.5 Å². The Morgan fingerprint density at radius 1 is 1.27 bits per heavy atom. The van der Waals surface area contributed by atoms with Gasteiger partial charge in [0.2, 0.25) is 5.75 Å². The van der Waals surface area contributed by atoms with Gasteiger partial charge in [-0.1, -0.05) is 11.6 Å². The van der Waals surface area contributed by atoms with Crippen molar-refractivity contribution in [1.82, 2.24) is 14.9 Å². The first-order chi connectivity index (χ1) is 17.8. The van der Waals surface area contributed by atoms with Gasteiger partial charge < -0.3 is 28.6 Å². The highest BCUT2D eigenvalue weighted by atomic mass is 35.5. The summed E-state index contributed by atoms with van der Waals surface area (Å²) in [6.45, 7) is 5.93. The molecule has 2 aliphatic heterocycles. The fourth-order valence-corrected chi connectivity index (χ4v) is 4.97. The van der Waals surface area contributed by atoms with Gasteiger partial charge in [-0.25, -0.2) is 4.79 Å². The third-order valence-electron chi connectivity index (χ3n) is 7.21. The zero-order valence-electron chi connectivity index (χ0n) is 21.0. The van der Waals surface area contributed by atoms with E-state index in [2.05, 4.69) is 16.0 Å². The van der Waals surface area contributed by atoms with E-state index < -0.39 is 0 Å². The van der Waals surface area contributed by atoms with Crippen molar-refractivity contribution in [3.63, 3.8) is 0 Å². The first-order valence-electron chi connectivity index (χ1n) is 12.3. The Morgan fingerprint density at radius 2 is 2.05 bits per heavy atom. The zero-order valence-corrected chi connectivity index (χ0v) is 21.8. The second kappa shape index (κ2) is 10.2. The molecular formula is C26H29ClN4O6. The standard InChI is InChI=1S/C26H29ClN4O6/c1-15-8-21(19(27)9-16(15)10-28)36-24-22(33-3)23(29-14-30-24)35-20-4-7-34-13-17-11-31(12-18(17)20)25(32)37-26(2)5-6-26/h8-9,14,17-18,20H,4-7,11-13H2,1-3H3/t17?,18?,20-/m0/s1. The summed E-state index contributed by atoms with van der Waals surface area (Å²) in [7, 11) is 1.48. The lowest BCUT2D eigenvalue weighted by Crippen LogP contribution is -2.35. The number of likely N-dealkylation sites (tertiary alicyclic amines) is 1. The fraction of sp³-hybridized carbons (Fsp3) is 0.538. The Labute approximate surface area is 220 Å². The second-order valence-corrected chi connectivity index (χ2v) is 10.4. The molecule has 11 heteroatoms. The first kappa shape index (κ1) is 25.4. The molecule has 10 nitrogen and oxygen atoms in total. The lowest BCUT2D eigenvalue weighted by molar-refractivity contribution is 0.0566. The van der Waals surface area contributed by atoms with Crippen LogP contribution in [0.2, 0.25) is 5.02 Å². The largest absolute Gasteiger partial charge is 0.487 e. The Kier molecular flexibility index (Phi) is 7.01. The van der Waals surface area contributed by atoms with Crippen molar-refractivity contribution in [3.05, 3.63) is 34.6 Å². The Balaban J connectivity index is 1.35. The van der Waals surface area contributed by atoms with Crippen LogP contribution in [0, 0.1) is 30.1 Å². The van der Waals surface area contributed by atoms with E-state index in [-0.39, 0.29) is 52.2 Å². The summed E-state index contributed by atoms with van der Waals surface area (Å²) in [5, 5.41) is 9.51. The molecule has 0 N–H and O–H groups in total. The van der Waals surface area contributed by atoms with Crippen molar-refractivity contribution in [2.75, 3.05) is 33.4 Å². The highest BCUT2D eigenvalue weighted by molar-refractivity contribution is 6.32. The van der Waals surface area contributed by atoms with Gasteiger partial charge in [-0.15, -0.1) is 0 Å². The molecule has 2 unspecified atom stereocenters. The Morgan fingerprint density at radius 3 is 2.78 bits per heavy atom. The van der Waals surface area contributed by atoms with Gasteiger partial charge in [0, 0.05) is 31.3 Å². The van der Waals surface area contributed by atoms with Gasteiger partial charge in [-0.3, -0.25) is 0 Å². The fourth-order valence-electron chi connectivity index (χ4n) is 4.77. The van der Waals surface area contributed by atoms with E-state index in [1.165, 1.54) is 13.4 Å². The number of hydrogen-bond donors (Lipinski definition) is 0. The van der Waals surface area contributed by atoms with Crippen LogP contribution in [-0.2, 0) is 9.47 Å². The number of nitrogens with zero attached hydrogens (tertiary/aromatic N) is 4. The molecule has 3 aliphatic rings. The molecule has 3 atom stereocenters. The van der Waals surface area contributed by atoms with Gasteiger partial charge in [-0.2, -0.15) is 15.2 Å². The van der Waals surface area contributed by atoms with Gasteiger partial charge in [0.1, 0.15) is 23.8 Å². The minimum atomic E-state index is -0.324. The average molecular weight is 529 g/mol. The quantitative estimate of drug-likeness (QED) is 0.533. The second-order valence-electron chi connectivity index (χ2n) is 10.00. The normalized spacial score (nSPS) is 23.9. The summed E-state index contributed by atoms with van der Waals surface area (Å²) in [5.41, 5.74) is 0.854. The van der Waals surface area contributed by atoms with Crippen molar-refractivity contribution in [2.45, 2.75) is 44.8 Å². The number of rotatable bonds is 6. The number of fused-ring (bicyclic) bond motifs is 1. The predicted molar refractivity (Wildman–Crippen MR) is 132 cm³/mol. The molecule has 3 heterocycles. The molecule has 0 bridgehead atoms. The monoisotopic (exact) mass is 528 g/mol. The molecular weight excluding hydrogens is 500 g/mol. The third-order valence-corrected chi connectivity index (χ3v) is 7.50. The number of ether oxygens (including phenoxy) is 5. The number of methoxy groups -OCH3 is 1. The lowest BCUT2D eigenvalue weighted by atomic mass is 9.90. The van der Waals surface area contributed by atoms with E-state index in [9.17, 15) is 10.1 Å². The number of aryl methyl sites for hydroxylation is 1. The predicted octanol–water partition coefficient (Wildman–Crippen LogP) is 4.52. The number of amides is 1. The minimum Gasteiger partial charge on any atom is -0.487 e. The Bertz CT molecular complexity index is 1230. The van der Waals surface area contributed by atoms with Gasteiger partial charge in [0.15, 0.2) is 0 Å². The average Bonchev–Trinajstić information content (AvgIpc) is 3.50. The SMILES string of the molecule is COc1c(Oc2cc(C)c(C#N)cc2Cl)ncnc1O[C@H]1CCOCC2CN(C(=O)OC3(C)CC3)CC21. The van der Waals surface area contributed by atoms with Crippen LogP contribution in [0.25, 0.3) is 0 Å². The van der Waals surface area contributed by atoms with Crippen molar-refractivity contribution in [2.24, 2.45) is 11.8 Å². The maximum atomic E-state index is 12.7. The summed E-state index contributed by atoms with van der Waals surface area (Å²) in [6.07, 6.45) is 3.22. The van der Waals surface area contributed by atoms with E-state index >= 15 is 0 Å². The van der Waals surface area contributed by atoms with E-state index in [4.69, 9.17) is 35.3 Å². The topological polar surface area (TPSA) is 116 Å². The number of benzene rings is 1. The summed E-state index contributed by atoms with van der Waals surface area (Å²) >= 11 is 6.34. The molecule has 1 aliphatic carbocycles. The zero-order chi connectivity index (χ0) is 26.2. The molecule has 3 fully saturated rings. The Hall–Kier alpha value is -3.29. The van der Waals surface area contributed by atoms with Crippen LogP contribution in [-0.4, -0.2) is 66.1 Å². The van der Waals surface area contributed by atoms with Crippen LogP contribution < -0.4 is 14.2 Å². The third kappa shape index (κ3) is 5.38. The molecule has 2 aromatic rings. The van der Waals surface area contributed by atoms with E-state index in [0.29, 0.717) is 44.0 Å². The molecule has 196 valence electrons. The highest BCUT2D eigenvalue weighted by Crippen LogP contribution is 2.42. The molecule has 1 aromatic heterocycles. The summed E-state index contributed by atoms with van der Waals surface area (Å²) in [6, 6.07) is 5.32. The first-order valence-corrected chi connectivity index (χ1v) is 12.7. The molecule has 0 spiro atoms. The smallest absolute Gasteiger partial charge is 0.410 e. The number of nitriles is 1. The number of hydrogen-bond acceptors (Lipinski definition) is 9. The molecule has 1 amide bonds. The molecule has 1 aromatic carbocycles. The van der Waals surface area contributed by atoms with Gasteiger partial charge in [0.05, 0.1) is 37.0 Å². The van der Waals surface area contributed by atoms with E-state index in [0.717, 1.165) is 18.4 Å². The van der Waals surface area contributed by atoms with Crippen LogP contribution in [0.1, 0.15) is 37.3 Å². The van der Waals surface area contributed by atoms with Crippen LogP contribution in [0.5, 0.6) is 23.3 Å². The maximum Gasteiger partial charge on any atom is 0.410 e. The number of carbonyl (C=O) groups excluding carboxylic acids is 1. The molecule has 0 radical (unpaired) electrons. The summed E-state index contributed by atoms with van der Waals surface area (Å²) in [5.74, 6) is 1.08. The van der Waals surface area contributed by atoms with Crippen LogP contribution >= 0.6 is 11.6 Å². The highest BCUT2D eigenvalue weighted by Gasteiger charge is 2.47. The van der Waals surface area contributed by atoms with Crippen molar-refractivity contribution < 1.29 is 28.5 Å². The summed E-state index contributed by atoms with van der Waals surface area (Å²) in [4.78, 5) is 23.0. The summed E-state index contributed by atoms with van der Waals surface area (Å²) < 4.78 is 29.5.